The van der Waals surface area contributed by atoms with Gasteiger partial charge >= 0.3 is 126 Å². The van der Waals surface area contributed by atoms with Gasteiger partial charge in [-0.1, -0.05) is 36.4 Å². The Morgan fingerprint density at radius 3 is 0.471 bits per heavy atom. The van der Waals surface area contributed by atoms with Crippen LogP contribution in [0.4, 0.5) is 167 Å². The molecule has 0 saturated carbocycles. The van der Waals surface area contributed by atoms with Crippen molar-refractivity contribution < 1.29 is 237 Å². The van der Waals surface area contributed by atoms with Crippen molar-refractivity contribution in [3.63, 3.8) is 0 Å². The molecule has 0 amide bonds. The van der Waals surface area contributed by atoms with Crippen LogP contribution >= 0.6 is 0 Å². The lowest BCUT2D eigenvalue weighted by atomic mass is 10.1. The standard InChI is InChI=1S/2C34H19F12O6S3.2C4HF7O2/c2*35-31(36,37)20-14-21(32(38,39)40)17-29(16-20)54(47,48)51-24-6-10-27(11-7-24)53(26-4-2-1-3-5-26)28-12-8-25(9-13-28)52-55(49,50)30-18-22(33(41,42)43)15-23(19-30)34(44,45)46;2*5-2(6,1(12)13)3(7,8)4(9,10)11/h2*1-19H;2*(H,12,13)/q2*+1;;/p-2. The fraction of sp³-hybridized carbons (Fsp3) is 0.184. The number of alkyl halides is 38. The molecule has 0 aliphatic rings. The van der Waals surface area contributed by atoms with Gasteiger partial charge in [0.05, 0.1) is 66.3 Å². The molecule has 0 radical (unpaired) electrons. The molecule has 136 heavy (non-hydrogen) atoms. The van der Waals surface area contributed by atoms with Gasteiger partial charge in [0.25, 0.3) is 0 Å². The molecule has 0 spiro atoms. The van der Waals surface area contributed by atoms with Gasteiger partial charge in [0.15, 0.2) is 29.4 Å². The lowest BCUT2D eigenvalue weighted by molar-refractivity contribution is -0.388. The van der Waals surface area contributed by atoms with Crippen molar-refractivity contribution in [1.29, 1.82) is 0 Å². The highest BCUT2D eigenvalue weighted by Crippen LogP contribution is 2.50. The summed E-state index contributed by atoms with van der Waals surface area (Å²) in [6, 6.07) is 34.7. The van der Waals surface area contributed by atoms with Crippen LogP contribution in [0.2, 0.25) is 0 Å². The van der Waals surface area contributed by atoms with Gasteiger partial charge in [-0.25, -0.2) is 0 Å². The van der Waals surface area contributed by atoms with Crippen LogP contribution in [0.5, 0.6) is 23.0 Å². The van der Waals surface area contributed by atoms with E-state index in [4.69, 9.17) is 16.7 Å². The molecule has 16 nitrogen and oxygen atoms in total. The maximum absolute atomic E-state index is 13.3. The summed E-state index contributed by atoms with van der Waals surface area (Å²) >= 11 is 0. The summed E-state index contributed by atoms with van der Waals surface area (Å²) in [5.74, 6) is -35.4. The average Bonchev–Trinajstić information content (AvgIpc) is 0.763. The van der Waals surface area contributed by atoms with Gasteiger partial charge in [-0.15, -0.1) is 0 Å². The Hall–Kier alpha value is -11.8. The van der Waals surface area contributed by atoms with E-state index >= 15 is 0 Å². The topological polar surface area (TPSA) is 254 Å². The highest BCUT2D eigenvalue weighted by molar-refractivity contribution is 7.97. The number of carbonyl (C=O) groups is 2. The van der Waals surface area contributed by atoms with E-state index in [-0.39, 0.29) is 72.8 Å². The molecule has 0 fully saturated rings. The Balaban J connectivity index is 0.000000293. The third kappa shape index (κ3) is 27.3. The SMILES string of the molecule is O=C([O-])C(F)(F)C(F)(F)C(F)(F)F.O=C([O-])C(F)(F)C(F)(F)C(F)(F)F.O=S(=O)(Oc1ccc([S+](c2ccccc2)c2ccc(OS(=O)(=O)c3cc(C(F)(F)F)cc(C(F)(F)F)c3)cc2)cc1)c1cc(C(F)(F)F)cc(C(F)(F)F)c1.O=S(=O)(Oc1ccc([S+](c2ccccc2)c2ccc(OS(=O)(=O)c3cc(C(F)(F)F)cc(C(F)(F)F)c3)cc2)cc1)c1cc(C(F)(F)F)cc(C(F)(F)F)c1. The first kappa shape index (κ1) is 111. The van der Waals surface area contributed by atoms with E-state index in [0.717, 1.165) is 48.5 Å². The molecular formula is C76H38F38O16S6. The lowest BCUT2D eigenvalue weighted by Crippen LogP contribution is -2.60. The predicted molar refractivity (Wildman–Crippen MR) is 382 cm³/mol. The average molecular weight is 2120 g/mol. The molecule has 10 rings (SSSR count). The van der Waals surface area contributed by atoms with Crippen molar-refractivity contribution in [2.24, 2.45) is 0 Å². The third-order valence-corrected chi connectivity index (χ3v) is 25.8. The molecule has 10 aromatic carbocycles. The molecule has 0 aliphatic carbocycles. The van der Waals surface area contributed by atoms with Gasteiger partial charge < -0.3 is 36.5 Å². The van der Waals surface area contributed by atoms with Crippen LogP contribution in [-0.2, 0) is 121 Å². The quantitative estimate of drug-likeness (QED) is 0.0347. The van der Waals surface area contributed by atoms with Crippen LogP contribution in [0.1, 0.15) is 44.5 Å². The molecule has 0 atom stereocenters. The van der Waals surface area contributed by atoms with Crippen molar-refractivity contribution in [2.75, 3.05) is 0 Å². The second-order valence-electron chi connectivity index (χ2n) is 26.1. The first-order valence-corrected chi connectivity index (χ1v) is 42.5. The summed E-state index contributed by atoms with van der Waals surface area (Å²) in [4.78, 5) is 15.8. The second-order valence-corrected chi connectivity index (χ2v) is 36.3. The smallest absolute Gasteiger partial charge is 0.460 e. The molecule has 10 aromatic rings. The minimum atomic E-state index is -6.64. The summed E-state index contributed by atoms with van der Waals surface area (Å²) in [6.45, 7) is 0. The summed E-state index contributed by atoms with van der Waals surface area (Å²) in [7, 11) is -23.2. The fourth-order valence-electron chi connectivity index (χ4n) is 10.0. The highest BCUT2D eigenvalue weighted by atomic mass is 32.2. The fourth-order valence-corrected chi connectivity index (χ4v) is 18.2. The van der Waals surface area contributed by atoms with Gasteiger partial charge in [-0.3, -0.25) is 0 Å². The normalized spacial score (nSPS) is 13.4. The molecule has 0 saturated heterocycles. The summed E-state index contributed by atoms with van der Waals surface area (Å²) in [5.41, 5.74) is -15.1. The molecule has 0 bridgehead atoms. The second kappa shape index (κ2) is 39.3. The zero-order valence-corrected chi connectivity index (χ0v) is 69.2. The molecule has 0 aliphatic heterocycles. The largest absolute Gasteiger partial charge is 0.544 e. The Morgan fingerprint density at radius 2 is 0.353 bits per heavy atom. The number of carboxylic acid groups (broad SMARTS) is 2. The van der Waals surface area contributed by atoms with Crippen LogP contribution in [0.3, 0.4) is 0 Å². The van der Waals surface area contributed by atoms with E-state index in [1.54, 1.807) is 60.7 Å². The van der Waals surface area contributed by atoms with Gasteiger partial charge in [0, 0.05) is 0 Å². The molecule has 0 aromatic heterocycles. The predicted octanol–water partition coefficient (Wildman–Crippen LogP) is 21.9. The molecule has 740 valence electrons. The molecule has 0 unspecified atom stereocenters. The monoisotopic (exact) mass is 2120 g/mol. The number of hydrogen-bond acceptors (Lipinski definition) is 16. The minimum absolute atomic E-state index is 0.0101. The third-order valence-electron chi connectivity index (χ3n) is 16.4. The Bertz CT molecular complexity index is 5610. The van der Waals surface area contributed by atoms with E-state index < -0.39 is 247 Å². The molecule has 60 heteroatoms. The first-order chi connectivity index (χ1) is 61.4. The summed E-state index contributed by atoms with van der Waals surface area (Å²) in [6.07, 6.45) is -55.9. The number of carbonyl (C=O) groups excluding carboxylic acids is 2. The Kier molecular flexibility index (Phi) is 32.2. The Labute approximate surface area is 740 Å². The van der Waals surface area contributed by atoms with E-state index in [0.29, 0.717) is 29.4 Å². The van der Waals surface area contributed by atoms with Crippen LogP contribution in [0, 0.1) is 0 Å². The van der Waals surface area contributed by atoms with Gasteiger partial charge in [0.1, 0.15) is 54.5 Å². The van der Waals surface area contributed by atoms with Crippen LogP contribution < -0.4 is 26.9 Å². The number of halogens is 38. The number of hydrogen-bond donors (Lipinski definition) is 0. The first-order valence-electron chi connectivity index (χ1n) is 34.4. The van der Waals surface area contributed by atoms with Gasteiger partial charge in [-0.2, -0.15) is 201 Å². The molecule has 0 N–H and O–H groups in total. The highest BCUT2D eigenvalue weighted by Gasteiger charge is 2.75. The van der Waals surface area contributed by atoms with Crippen LogP contribution in [-0.4, -0.2) is 81.7 Å². The van der Waals surface area contributed by atoms with Gasteiger partial charge in [-0.05, 0) is 194 Å². The zero-order chi connectivity index (χ0) is 104. The maximum Gasteiger partial charge on any atom is 0.460 e. The zero-order valence-electron chi connectivity index (χ0n) is 64.3. The van der Waals surface area contributed by atoms with Crippen molar-refractivity contribution in [3.8, 4) is 23.0 Å². The van der Waals surface area contributed by atoms with E-state index in [1.165, 1.54) is 48.5 Å². The van der Waals surface area contributed by atoms with Crippen molar-refractivity contribution in [3.05, 3.63) is 275 Å². The van der Waals surface area contributed by atoms with E-state index in [2.05, 4.69) is 0 Å². The van der Waals surface area contributed by atoms with Crippen LogP contribution in [0.15, 0.2) is 279 Å². The van der Waals surface area contributed by atoms with Crippen molar-refractivity contribution >= 4 is 74.2 Å². The maximum atomic E-state index is 13.3. The van der Waals surface area contributed by atoms with E-state index in [1.807, 2.05) is 0 Å². The summed E-state index contributed by atoms with van der Waals surface area (Å²) < 4.78 is 602. The molecule has 0 heterocycles. The lowest BCUT2D eigenvalue weighted by Gasteiger charge is -2.28. The molecular weight excluding hydrogens is 2080 g/mol. The Morgan fingerprint density at radius 1 is 0.213 bits per heavy atom. The van der Waals surface area contributed by atoms with Gasteiger partial charge in [0.2, 0.25) is 0 Å². The summed E-state index contributed by atoms with van der Waals surface area (Å²) in [5, 5.41) is 18.5. The van der Waals surface area contributed by atoms with E-state index in [9.17, 15) is 220 Å². The number of carboxylic acids is 2. The minimum Gasteiger partial charge on any atom is -0.544 e. The van der Waals surface area contributed by atoms with Crippen molar-refractivity contribution in [2.45, 2.75) is 134 Å². The number of benzene rings is 10. The van der Waals surface area contributed by atoms with Crippen LogP contribution in [0.25, 0.3) is 0 Å². The van der Waals surface area contributed by atoms with Crippen molar-refractivity contribution in [1.82, 2.24) is 0 Å². The number of rotatable bonds is 22. The number of aliphatic carboxylic acids is 2.